The fraction of sp³-hybridized carbons (Fsp3) is 0.391. The number of hydrogen-bond donors (Lipinski definition) is 0. The molecule has 0 spiro atoms. The molecule has 10 heteroatoms. The van der Waals surface area contributed by atoms with E-state index in [2.05, 4.69) is 0 Å². The first-order valence-electron chi connectivity index (χ1n) is 10.1. The topological polar surface area (TPSA) is 82.1 Å². The Labute approximate surface area is 206 Å². The standard InChI is InChI=1S/C23H25NO6S3/c1-11(2)19(25)24-15-12(9-8-10-13(15)28-5)14(18(31)23(24,3)4)22-32-16(20(26)29-6)17(33-22)21(27)30-7/h8-11H,1-7H3. The number of nitrogens with zero attached hydrogens (tertiary/aromatic N) is 1. The first-order valence-corrected chi connectivity index (χ1v) is 12.1. The van der Waals surface area contributed by atoms with Gasteiger partial charge in [0.1, 0.15) is 15.6 Å². The van der Waals surface area contributed by atoms with Gasteiger partial charge in [-0.25, -0.2) is 9.59 Å². The second-order valence-electron chi connectivity index (χ2n) is 8.08. The van der Waals surface area contributed by atoms with Crippen molar-refractivity contribution in [1.29, 1.82) is 0 Å². The third kappa shape index (κ3) is 4.20. The number of hydrogen-bond acceptors (Lipinski definition) is 9. The normalized spacial score (nSPS) is 17.3. The zero-order chi connectivity index (χ0) is 24.7. The monoisotopic (exact) mass is 507 g/mol. The number of para-hydroxylation sites is 1. The Hall–Kier alpha value is -2.30. The zero-order valence-corrected chi connectivity index (χ0v) is 21.9. The summed E-state index contributed by atoms with van der Waals surface area (Å²) in [6.45, 7) is 7.43. The summed E-state index contributed by atoms with van der Waals surface area (Å²) in [4.78, 5) is 40.6. The van der Waals surface area contributed by atoms with Crippen molar-refractivity contribution in [2.24, 2.45) is 5.92 Å². The summed E-state index contributed by atoms with van der Waals surface area (Å²) in [6, 6.07) is 5.47. The highest BCUT2D eigenvalue weighted by molar-refractivity contribution is 8.29. The van der Waals surface area contributed by atoms with Gasteiger partial charge in [-0.3, -0.25) is 9.69 Å². The second-order valence-corrected chi connectivity index (χ2v) is 10.8. The van der Waals surface area contributed by atoms with Gasteiger partial charge in [-0.2, -0.15) is 0 Å². The van der Waals surface area contributed by atoms with Crippen molar-refractivity contribution in [1.82, 2.24) is 0 Å². The van der Waals surface area contributed by atoms with Crippen molar-refractivity contribution in [3.63, 3.8) is 0 Å². The lowest BCUT2D eigenvalue weighted by Crippen LogP contribution is -2.57. The van der Waals surface area contributed by atoms with Crippen LogP contribution in [0.5, 0.6) is 5.75 Å². The predicted octanol–water partition coefficient (Wildman–Crippen LogP) is 4.55. The number of carbonyl (C=O) groups excluding carboxylic acids is 3. The maximum absolute atomic E-state index is 13.3. The quantitative estimate of drug-likeness (QED) is 0.331. The molecule has 2 aliphatic rings. The Balaban J connectivity index is 2.31. The van der Waals surface area contributed by atoms with Crippen LogP contribution in [0, 0.1) is 5.92 Å². The summed E-state index contributed by atoms with van der Waals surface area (Å²) >= 11 is 8.16. The zero-order valence-electron chi connectivity index (χ0n) is 19.4. The van der Waals surface area contributed by atoms with Crippen molar-refractivity contribution in [3.8, 4) is 5.75 Å². The Bertz CT molecular complexity index is 1090. The molecule has 3 rings (SSSR count). The maximum atomic E-state index is 13.3. The fourth-order valence-corrected chi connectivity index (χ4v) is 6.66. The number of ether oxygens (including phenoxy) is 3. The molecule has 0 radical (unpaired) electrons. The van der Waals surface area contributed by atoms with Crippen LogP contribution < -0.4 is 9.64 Å². The summed E-state index contributed by atoms with van der Waals surface area (Å²) in [5, 5.41) is 0. The molecular weight excluding hydrogens is 482 g/mol. The molecule has 0 N–H and O–H groups in total. The van der Waals surface area contributed by atoms with E-state index in [4.69, 9.17) is 26.4 Å². The highest BCUT2D eigenvalue weighted by atomic mass is 32.2. The number of carbonyl (C=O) groups is 3. The average Bonchev–Trinajstić information content (AvgIpc) is 3.23. The minimum Gasteiger partial charge on any atom is -0.495 e. The molecule has 0 saturated heterocycles. The number of esters is 2. The van der Waals surface area contributed by atoms with Gasteiger partial charge in [-0.15, -0.1) is 0 Å². The molecule has 0 atom stereocenters. The molecule has 0 fully saturated rings. The summed E-state index contributed by atoms with van der Waals surface area (Å²) in [5.74, 6) is -1.10. The van der Waals surface area contributed by atoms with Crippen LogP contribution in [0.4, 0.5) is 5.69 Å². The van der Waals surface area contributed by atoms with Crippen molar-refractivity contribution in [3.05, 3.63) is 37.8 Å². The number of methoxy groups -OCH3 is 3. The largest absolute Gasteiger partial charge is 0.495 e. The van der Waals surface area contributed by atoms with Gasteiger partial charge in [0.05, 0.1) is 41.7 Å². The van der Waals surface area contributed by atoms with Gasteiger partial charge in [0, 0.05) is 17.1 Å². The molecule has 33 heavy (non-hydrogen) atoms. The van der Waals surface area contributed by atoms with Gasteiger partial charge >= 0.3 is 11.9 Å². The van der Waals surface area contributed by atoms with Crippen LogP contribution in [0.25, 0.3) is 5.57 Å². The van der Waals surface area contributed by atoms with Gasteiger partial charge in [-0.1, -0.05) is 61.7 Å². The third-order valence-electron chi connectivity index (χ3n) is 5.31. The number of thiocarbonyl (C=S) groups is 1. The van der Waals surface area contributed by atoms with E-state index < -0.39 is 17.5 Å². The van der Waals surface area contributed by atoms with E-state index in [9.17, 15) is 14.4 Å². The van der Waals surface area contributed by atoms with Gasteiger partial charge < -0.3 is 14.2 Å². The number of benzene rings is 1. The molecule has 176 valence electrons. The van der Waals surface area contributed by atoms with Gasteiger partial charge in [0.15, 0.2) is 0 Å². The Kier molecular flexibility index (Phi) is 7.30. The second kappa shape index (κ2) is 9.52. The lowest BCUT2D eigenvalue weighted by atomic mass is 9.82. The van der Waals surface area contributed by atoms with E-state index in [0.29, 0.717) is 31.7 Å². The molecule has 1 aromatic rings. The van der Waals surface area contributed by atoms with Crippen molar-refractivity contribution in [2.75, 3.05) is 26.2 Å². The van der Waals surface area contributed by atoms with Gasteiger partial charge in [-0.05, 0) is 19.9 Å². The van der Waals surface area contributed by atoms with E-state index >= 15 is 0 Å². The highest BCUT2D eigenvalue weighted by Gasteiger charge is 2.47. The van der Waals surface area contributed by atoms with Crippen LogP contribution in [-0.2, 0) is 23.9 Å². The number of rotatable bonds is 4. The fourth-order valence-electron chi connectivity index (χ4n) is 3.63. The lowest BCUT2D eigenvalue weighted by Gasteiger charge is -2.46. The van der Waals surface area contributed by atoms with E-state index in [1.54, 1.807) is 18.1 Å². The first kappa shape index (κ1) is 25.3. The summed E-state index contributed by atoms with van der Waals surface area (Å²) in [6.07, 6.45) is 0. The van der Waals surface area contributed by atoms with Crippen LogP contribution in [0.2, 0.25) is 0 Å². The molecular formula is C23H25NO6S3. The molecule has 7 nitrogen and oxygen atoms in total. The van der Waals surface area contributed by atoms with Crippen molar-refractivity contribution >= 4 is 69.7 Å². The van der Waals surface area contributed by atoms with Crippen molar-refractivity contribution in [2.45, 2.75) is 33.2 Å². The van der Waals surface area contributed by atoms with Gasteiger partial charge in [0.2, 0.25) is 5.91 Å². The lowest BCUT2D eigenvalue weighted by molar-refractivity contribution is -0.138. The van der Waals surface area contributed by atoms with Crippen molar-refractivity contribution < 1.29 is 28.6 Å². The van der Waals surface area contributed by atoms with Crippen LogP contribution in [-0.4, -0.2) is 49.6 Å². The molecule has 0 saturated carbocycles. The molecule has 0 aliphatic carbocycles. The summed E-state index contributed by atoms with van der Waals surface area (Å²) < 4.78 is 16.0. The average molecular weight is 508 g/mol. The summed E-state index contributed by atoms with van der Waals surface area (Å²) in [5.41, 5.74) is 1.10. The first-order chi connectivity index (χ1) is 15.5. The highest BCUT2D eigenvalue weighted by Crippen LogP contribution is 2.57. The molecule has 1 amide bonds. The maximum Gasteiger partial charge on any atom is 0.346 e. The number of anilines is 1. The minimum atomic E-state index is -0.874. The number of amides is 1. The molecule has 0 aromatic heterocycles. The van der Waals surface area contributed by atoms with E-state index in [1.807, 2.05) is 39.8 Å². The SMILES string of the molecule is COC(=O)C1=C(C(=O)OC)SC(=C2C(=S)C(C)(C)N(C(=O)C(C)C)c3c(OC)cccc32)S1. The Morgan fingerprint density at radius 3 is 2.00 bits per heavy atom. The van der Waals surface area contributed by atoms with Crippen LogP contribution in [0.3, 0.4) is 0 Å². The van der Waals surface area contributed by atoms with Gasteiger partial charge in [0.25, 0.3) is 0 Å². The predicted molar refractivity (Wildman–Crippen MR) is 135 cm³/mol. The Morgan fingerprint density at radius 2 is 1.55 bits per heavy atom. The van der Waals surface area contributed by atoms with E-state index in [-0.39, 0.29) is 21.6 Å². The molecule has 0 bridgehead atoms. The Morgan fingerprint density at radius 1 is 1.00 bits per heavy atom. The number of thioether (sulfide) groups is 2. The molecule has 2 aliphatic heterocycles. The van der Waals surface area contributed by atoms with Crippen LogP contribution >= 0.6 is 35.7 Å². The molecule has 0 unspecified atom stereocenters. The van der Waals surface area contributed by atoms with Crippen LogP contribution in [0.15, 0.2) is 32.2 Å². The smallest absolute Gasteiger partial charge is 0.346 e. The van der Waals surface area contributed by atoms with E-state index in [1.165, 1.54) is 14.2 Å². The minimum absolute atomic E-state index is 0.0903. The van der Waals surface area contributed by atoms with Crippen LogP contribution in [0.1, 0.15) is 33.3 Å². The third-order valence-corrected chi connectivity index (χ3v) is 8.57. The van der Waals surface area contributed by atoms with E-state index in [0.717, 1.165) is 23.5 Å². The molecule has 1 aromatic carbocycles. The number of fused-ring (bicyclic) bond motifs is 1. The molecule has 2 heterocycles. The summed E-state index contributed by atoms with van der Waals surface area (Å²) in [7, 11) is 4.06.